The molecule has 0 fully saturated rings. The summed E-state index contributed by atoms with van der Waals surface area (Å²) >= 11 is 0. The van der Waals surface area contributed by atoms with E-state index in [0.29, 0.717) is 0 Å². The molecule has 232 valence electrons. The molecule has 9 aromatic rings. The lowest BCUT2D eigenvalue weighted by Gasteiger charge is -2.28. The minimum absolute atomic E-state index is 0.113. The summed E-state index contributed by atoms with van der Waals surface area (Å²) in [6.45, 7) is 4.68. The Morgan fingerprint density at radius 1 is 0.469 bits per heavy atom. The molecule has 8 aromatic carbocycles. The Morgan fingerprint density at radius 3 is 2.02 bits per heavy atom. The van der Waals surface area contributed by atoms with E-state index in [2.05, 4.69) is 183 Å². The van der Waals surface area contributed by atoms with Gasteiger partial charge in [0.1, 0.15) is 5.58 Å². The minimum atomic E-state index is -0.113. The summed E-state index contributed by atoms with van der Waals surface area (Å²) < 4.78 is 6.79. The van der Waals surface area contributed by atoms with E-state index in [0.717, 1.165) is 39.0 Å². The lowest BCUT2D eigenvalue weighted by molar-refractivity contribution is 0.660. The number of hydrogen-bond donors (Lipinski definition) is 0. The second-order valence-electron chi connectivity index (χ2n) is 13.8. The summed E-state index contributed by atoms with van der Waals surface area (Å²) in [4.78, 5) is 2.37. The third kappa shape index (κ3) is 4.20. The highest BCUT2D eigenvalue weighted by atomic mass is 16.3. The van der Waals surface area contributed by atoms with Crippen LogP contribution in [-0.4, -0.2) is 0 Å². The standard InChI is InChI=1S/C47H33NO/c1-47(2)41-16-8-7-14-38(41)39-26-25-36(29-42(39)47)48(35-23-20-31(21-24-35)34-19-18-30-10-3-4-12-33(30)28-34)43-17-9-15-40-45-37-13-6-5-11-32(37)22-27-44(45)49-46(40)43/h3-29H,1-2H3. The molecule has 0 saturated carbocycles. The lowest BCUT2D eigenvalue weighted by atomic mass is 9.82. The number of fused-ring (bicyclic) bond motifs is 9. The van der Waals surface area contributed by atoms with Gasteiger partial charge in [-0.05, 0) is 97.4 Å². The van der Waals surface area contributed by atoms with E-state index < -0.39 is 0 Å². The average Bonchev–Trinajstić information content (AvgIpc) is 3.65. The zero-order chi connectivity index (χ0) is 32.7. The van der Waals surface area contributed by atoms with Gasteiger partial charge in [-0.25, -0.2) is 0 Å². The number of anilines is 3. The highest BCUT2D eigenvalue weighted by Gasteiger charge is 2.36. The molecule has 10 rings (SSSR count). The van der Waals surface area contributed by atoms with Crippen molar-refractivity contribution in [3.8, 4) is 22.3 Å². The molecule has 0 spiro atoms. The van der Waals surface area contributed by atoms with Crippen LogP contribution in [0.4, 0.5) is 17.1 Å². The first kappa shape index (κ1) is 27.9. The van der Waals surface area contributed by atoms with Crippen LogP contribution < -0.4 is 4.90 Å². The first-order chi connectivity index (χ1) is 24.0. The summed E-state index contributed by atoms with van der Waals surface area (Å²) in [7, 11) is 0. The number of furan rings is 1. The van der Waals surface area contributed by atoms with Gasteiger partial charge in [0, 0.05) is 27.6 Å². The van der Waals surface area contributed by atoms with Crippen LogP contribution in [0.15, 0.2) is 168 Å². The topological polar surface area (TPSA) is 16.4 Å². The van der Waals surface area contributed by atoms with Gasteiger partial charge in [0.2, 0.25) is 0 Å². The van der Waals surface area contributed by atoms with Crippen molar-refractivity contribution in [2.24, 2.45) is 0 Å². The van der Waals surface area contributed by atoms with Crippen molar-refractivity contribution >= 4 is 60.5 Å². The van der Waals surface area contributed by atoms with Gasteiger partial charge in [-0.1, -0.05) is 135 Å². The summed E-state index contributed by atoms with van der Waals surface area (Å²) in [5.41, 5.74) is 12.6. The number of nitrogens with zero attached hydrogens (tertiary/aromatic N) is 1. The smallest absolute Gasteiger partial charge is 0.159 e. The average molecular weight is 628 g/mol. The van der Waals surface area contributed by atoms with Crippen LogP contribution in [0.3, 0.4) is 0 Å². The van der Waals surface area contributed by atoms with Crippen LogP contribution >= 0.6 is 0 Å². The van der Waals surface area contributed by atoms with Crippen molar-refractivity contribution in [2.75, 3.05) is 4.90 Å². The van der Waals surface area contributed by atoms with Gasteiger partial charge >= 0.3 is 0 Å². The van der Waals surface area contributed by atoms with Gasteiger partial charge < -0.3 is 9.32 Å². The highest BCUT2D eigenvalue weighted by Crippen LogP contribution is 2.51. The van der Waals surface area contributed by atoms with Gasteiger partial charge in [-0.15, -0.1) is 0 Å². The Labute approximate surface area is 285 Å². The summed E-state index contributed by atoms with van der Waals surface area (Å²) in [5, 5.41) is 7.20. The van der Waals surface area contributed by atoms with E-state index in [-0.39, 0.29) is 5.41 Å². The molecular formula is C47H33NO. The van der Waals surface area contributed by atoms with E-state index in [1.165, 1.54) is 54.9 Å². The molecule has 0 amide bonds. The highest BCUT2D eigenvalue weighted by molar-refractivity contribution is 6.21. The third-order valence-corrected chi connectivity index (χ3v) is 10.6. The number of para-hydroxylation sites is 1. The maximum atomic E-state index is 6.79. The Bertz CT molecular complexity index is 2750. The Hall–Kier alpha value is -6.12. The van der Waals surface area contributed by atoms with Crippen molar-refractivity contribution in [1.82, 2.24) is 0 Å². The van der Waals surface area contributed by atoms with Gasteiger partial charge in [0.15, 0.2) is 5.58 Å². The fourth-order valence-electron chi connectivity index (χ4n) is 8.16. The fourth-order valence-corrected chi connectivity index (χ4v) is 8.16. The summed E-state index contributed by atoms with van der Waals surface area (Å²) in [6, 6.07) is 59.4. The van der Waals surface area contributed by atoms with E-state index in [4.69, 9.17) is 4.42 Å². The Kier molecular flexibility index (Phi) is 5.95. The molecule has 1 heterocycles. The molecule has 0 saturated heterocycles. The molecular weight excluding hydrogens is 595 g/mol. The second-order valence-corrected chi connectivity index (χ2v) is 13.8. The predicted octanol–water partition coefficient (Wildman–Crippen LogP) is 13.3. The van der Waals surface area contributed by atoms with Gasteiger partial charge in [0.25, 0.3) is 0 Å². The largest absolute Gasteiger partial charge is 0.454 e. The van der Waals surface area contributed by atoms with E-state index in [1.807, 2.05) is 0 Å². The number of hydrogen-bond acceptors (Lipinski definition) is 2. The van der Waals surface area contributed by atoms with Crippen LogP contribution in [0, 0.1) is 0 Å². The molecule has 49 heavy (non-hydrogen) atoms. The normalized spacial score (nSPS) is 13.3. The first-order valence-electron chi connectivity index (χ1n) is 17.0. The quantitative estimate of drug-likeness (QED) is 0.193. The van der Waals surface area contributed by atoms with Gasteiger partial charge in [-0.2, -0.15) is 0 Å². The fraction of sp³-hybridized carbons (Fsp3) is 0.0638. The molecule has 2 heteroatoms. The molecule has 1 aliphatic carbocycles. The zero-order valence-electron chi connectivity index (χ0n) is 27.4. The van der Waals surface area contributed by atoms with Gasteiger partial charge in [0.05, 0.1) is 5.69 Å². The molecule has 0 N–H and O–H groups in total. The summed E-state index contributed by atoms with van der Waals surface area (Å²) in [6.07, 6.45) is 0. The summed E-state index contributed by atoms with van der Waals surface area (Å²) in [5.74, 6) is 0. The number of benzene rings is 8. The molecule has 2 nitrogen and oxygen atoms in total. The molecule has 1 aliphatic rings. The minimum Gasteiger partial charge on any atom is -0.454 e. The second kappa shape index (κ2) is 10.4. The van der Waals surface area contributed by atoms with Crippen molar-refractivity contribution in [3.63, 3.8) is 0 Å². The van der Waals surface area contributed by atoms with Crippen molar-refractivity contribution < 1.29 is 4.42 Å². The van der Waals surface area contributed by atoms with Crippen LogP contribution in [0.1, 0.15) is 25.0 Å². The maximum absolute atomic E-state index is 6.79. The molecule has 0 atom stereocenters. The van der Waals surface area contributed by atoms with Crippen molar-refractivity contribution in [2.45, 2.75) is 19.3 Å². The first-order valence-corrected chi connectivity index (χ1v) is 17.0. The maximum Gasteiger partial charge on any atom is 0.159 e. The molecule has 1 aromatic heterocycles. The Morgan fingerprint density at radius 2 is 1.14 bits per heavy atom. The molecule has 0 bridgehead atoms. The van der Waals surface area contributed by atoms with Gasteiger partial charge in [-0.3, -0.25) is 0 Å². The molecule has 0 radical (unpaired) electrons. The third-order valence-electron chi connectivity index (χ3n) is 10.6. The molecule has 0 aliphatic heterocycles. The number of rotatable bonds is 4. The molecule has 0 unspecified atom stereocenters. The van der Waals surface area contributed by atoms with Crippen LogP contribution in [0.2, 0.25) is 0 Å². The monoisotopic (exact) mass is 627 g/mol. The van der Waals surface area contributed by atoms with E-state index >= 15 is 0 Å². The zero-order valence-corrected chi connectivity index (χ0v) is 27.4. The van der Waals surface area contributed by atoms with E-state index in [1.54, 1.807) is 0 Å². The van der Waals surface area contributed by atoms with Crippen LogP contribution in [-0.2, 0) is 5.41 Å². The van der Waals surface area contributed by atoms with Crippen LogP contribution in [0.25, 0.3) is 65.7 Å². The van der Waals surface area contributed by atoms with E-state index in [9.17, 15) is 0 Å². The SMILES string of the molecule is CC1(C)c2ccccc2-c2ccc(N(c3ccc(-c4ccc5ccccc5c4)cc3)c3cccc4c3oc3ccc5ccccc5c34)cc21. The lowest BCUT2D eigenvalue weighted by Crippen LogP contribution is -2.16. The predicted molar refractivity (Wildman–Crippen MR) is 206 cm³/mol. The van der Waals surface area contributed by atoms with Crippen molar-refractivity contribution in [3.05, 3.63) is 175 Å². The Balaban J connectivity index is 1.18. The van der Waals surface area contributed by atoms with Crippen molar-refractivity contribution in [1.29, 1.82) is 0 Å². The van der Waals surface area contributed by atoms with Crippen LogP contribution in [0.5, 0.6) is 0 Å².